The Bertz CT molecular complexity index is 633. The van der Waals surface area contributed by atoms with Crippen molar-refractivity contribution >= 4 is 28.3 Å². The maximum Gasteiger partial charge on any atom is 0.269 e. The van der Waals surface area contributed by atoms with Gasteiger partial charge in [-0.25, -0.2) is 4.99 Å². The molecule has 0 spiro atoms. The fraction of sp³-hybridized carbons (Fsp3) is 0.632. The predicted octanol–water partition coefficient (Wildman–Crippen LogP) is 5.54. The Balaban J connectivity index is 2.20. The van der Waals surface area contributed by atoms with Gasteiger partial charge in [0, 0.05) is 30.5 Å². The van der Waals surface area contributed by atoms with Crippen LogP contribution in [-0.2, 0) is 0 Å². The van der Waals surface area contributed by atoms with E-state index in [9.17, 15) is 10.1 Å². The summed E-state index contributed by atoms with van der Waals surface area (Å²) in [6.45, 7) is 9.74. The summed E-state index contributed by atoms with van der Waals surface area (Å²) >= 11 is 1.79. The van der Waals surface area contributed by atoms with Gasteiger partial charge in [-0.1, -0.05) is 44.9 Å². The van der Waals surface area contributed by atoms with E-state index in [4.69, 9.17) is 4.99 Å². The molecule has 6 heteroatoms. The molecule has 1 saturated heterocycles. The molecule has 1 aliphatic heterocycles. The molecule has 1 aliphatic rings. The molecule has 2 atom stereocenters. The highest BCUT2D eigenvalue weighted by atomic mass is 32.2. The van der Waals surface area contributed by atoms with E-state index in [-0.39, 0.29) is 10.6 Å². The first-order valence-electron chi connectivity index (χ1n) is 9.21. The molecule has 2 rings (SSSR count). The van der Waals surface area contributed by atoms with E-state index in [1.54, 1.807) is 23.9 Å². The fourth-order valence-corrected chi connectivity index (χ4v) is 4.43. The van der Waals surface area contributed by atoms with Crippen LogP contribution in [0.2, 0.25) is 0 Å². The molecule has 1 aromatic carbocycles. The molecule has 1 heterocycles. The predicted molar refractivity (Wildman–Crippen MR) is 107 cm³/mol. The van der Waals surface area contributed by atoms with Crippen LogP contribution < -0.4 is 0 Å². The van der Waals surface area contributed by atoms with E-state index < -0.39 is 0 Å². The zero-order valence-corrected chi connectivity index (χ0v) is 16.5. The molecule has 1 fully saturated rings. The molecule has 0 aromatic heterocycles. The molecule has 0 N–H and O–H groups in total. The third-order valence-electron chi connectivity index (χ3n) is 5.04. The molecule has 2 unspecified atom stereocenters. The minimum atomic E-state index is -0.359. The summed E-state index contributed by atoms with van der Waals surface area (Å²) < 4.78 is 0. The minimum absolute atomic E-state index is 0.122. The zero-order chi connectivity index (χ0) is 18.4. The SMILES string of the molecule is CCCCC(CC)C(C)N1CCSC1=Nc1ccc([N+](=O)[O-])cc1C. The highest BCUT2D eigenvalue weighted by molar-refractivity contribution is 8.14. The number of thioether (sulfide) groups is 1. The van der Waals surface area contributed by atoms with Crippen molar-refractivity contribution in [2.45, 2.75) is 59.4 Å². The Labute approximate surface area is 155 Å². The average Bonchev–Trinajstić information content (AvgIpc) is 3.05. The molecule has 0 saturated carbocycles. The van der Waals surface area contributed by atoms with Crippen molar-refractivity contribution in [2.75, 3.05) is 12.3 Å². The summed E-state index contributed by atoms with van der Waals surface area (Å²) in [6.07, 6.45) is 4.96. The number of nitro benzene ring substituents is 1. The summed E-state index contributed by atoms with van der Waals surface area (Å²) in [5, 5.41) is 12.0. The average molecular weight is 364 g/mol. The van der Waals surface area contributed by atoms with Crippen molar-refractivity contribution in [3.05, 3.63) is 33.9 Å². The van der Waals surface area contributed by atoms with Gasteiger partial charge in [0.1, 0.15) is 0 Å². The molecule has 25 heavy (non-hydrogen) atoms. The van der Waals surface area contributed by atoms with E-state index in [0.717, 1.165) is 28.7 Å². The van der Waals surface area contributed by atoms with Crippen LogP contribution in [0.4, 0.5) is 11.4 Å². The summed E-state index contributed by atoms with van der Waals surface area (Å²) in [5.74, 6) is 1.74. The van der Waals surface area contributed by atoms with Crippen molar-refractivity contribution < 1.29 is 4.92 Å². The van der Waals surface area contributed by atoms with Crippen molar-refractivity contribution in [3.63, 3.8) is 0 Å². The second kappa shape index (κ2) is 9.22. The minimum Gasteiger partial charge on any atom is -0.347 e. The van der Waals surface area contributed by atoms with E-state index in [1.165, 1.54) is 31.7 Å². The molecule has 0 aliphatic carbocycles. The second-order valence-electron chi connectivity index (χ2n) is 6.72. The van der Waals surface area contributed by atoms with Crippen LogP contribution in [-0.4, -0.2) is 33.3 Å². The van der Waals surface area contributed by atoms with Gasteiger partial charge in [-0.05, 0) is 37.8 Å². The molecular formula is C19H29N3O2S. The van der Waals surface area contributed by atoms with Crippen LogP contribution in [0.1, 0.15) is 52.0 Å². The number of nitrogens with zero attached hydrogens (tertiary/aromatic N) is 3. The number of nitro groups is 1. The number of aliphatic imine (C=N–C) groups is 1. The van der Waals surface area contributed by atoms with Crippen molar-refractivity contribution in [3.8, 4) is 0 Å². The lowest BCUT2D eigenvalue weighted by molar-refractivity contribution is -0.384. The second-order valence-corrected chi connectivity index (χ2v) is 7.78. The number of unbranched alkanes of at least 4 members (excludes halogenated alkanes) is 1. The number of non-ortho nitro benzene ring substituents is 1. The van der Waals surface area contributed by atoms with Crippen LogP contribution >= 0.6 is 11.8 Å². The number of amidine groups is 1. The number of hydrogen-bond donors (Lipinski definition) is 0. The summed E-state index contributed by atoms with van der Waals surface area (Å²) in [4.78, 5) is 17.8. The Hall–Kier alpha value is -1.56. The lowest BCUT2D eigenvalue weighted by atomic mass is 9.91. The fourth-order valence-electron chi connectivity index (χ4n) is 3.38. The van der Waals surface area contributed by atoms with E-state index in [0.29, 0.717) is 12.0 Å². The Morgan fingerprint density at radius 3 is 2.76 bits per heavy atom. The van der Waals surface area contributed by atoms with Gasteiger partial charge in [-0.2, -0.15) is 0 Å². The van der Waals surface area contributed by atoms with Crippen LogP contribution in [0.5, 0.6) is 0 Å². The Morgan fingerprint density at radius 2 is 2.16 bits per heavy atom. The van der Waals surface area contributed by atoms with Gasteiger partial charge in [0.25, 0.3) is 5.69 Å². The van der Waals surface area contributed by atoms with Gasteiger partial charge in [-0.15, -0.1) is 0 Å². The number of benzene rings is 1. The number of hydrogen-bond acceptors (Lipinski definition) is 4. The smallest absolute Gasteiger partial charge is 0.269 e. The molecule has 0 amide bonds. The van der Waals surface area contributed by atoms with Gasteiger partial charge in [0.15, 0.2) is 5.17 Å². The quantitative estimate of drug-likeness (QED) is 0.449. The van der Waals surface area contributed by atoms with Gasteiger partial charge >= 0.3 is 0 Å². The first-order chi connectivity index (χ1) is 12.0. The Kier molecular flexibility index (Phi) is 7.29. The number of aryl methyl sites for hydroxylation is 1. The van der Waals surface area contributed by atoms with Crippen LogP contribution in [0.3, 0.4) is 0 Å². The van der Waals surface area contributed by atoms with E-state index >= 15 is 0 Å². The maximum atomic E-state index is 10.9. The standard InChI is InChI=1S/C19H29N3O2S/c1-5-7-8-16(6-2)15(4)21-11-12-25-19(21)20-18-10-9-17(22(23)24)13-14(18)3/h9-10,13,15-16H,5-8,11-12H2,1-4H3. The highest BCUT2D eigenvalue weighted by Crippen LogP contribution is 2.31. The third-order valence-corrected chi connectivity index (χ3v) is 6.01. The number of rotatable bonds is 8. The molecule has 0 radical (unpaired) electrons. The molecule has 0 bridgehead atoms. The van der Waals surface area contributed by atoms with E-state index in [1.807, 2.05) is 6.92 Å². The first kappa shape index (κ1) is 19.8. The lowest BCUT2D eigenvalue weighted by Gasteiger charge is -2.32. The van der Waals surface area contributed by atoms with Gasteiger partial charge in [-0.3, -0.25) is 10.1 Å². The normalized spacial score (nSPS) is 18.6. The largest absolute Gasteiger partial charge is 0.347 e. The monoisotopic (exact) mass is 363 g/mol. The molecule has 5 nitrogen and oxygen atoms in total. The third kappa shape index (κ3) is 4.97. The lowest BCUT2D eigenvalue weighted by Crippen LogP contribution is -2.39. The van der Waals surface area contributed by atoms with Gasteiger partial charge in [0.05, 0.1) is 10.6 Å². The van der Waals surface area contributed by atoms with Crippen molar-refractivity contribution in [2.24, 2.45) is 10.9 Å². The first-order valence-corrected chi connectivity index (χ1v) is 10.2. The summed E-state index contributed by atoms with van der Waals surface area (Å²) in [5.41, 5.74) is 1.80. The van der Waals surface area contributed by atoms with Crippen LogP contribution in [0.25, 0.3) is 0 Å². The van der Waals surface area contributed by atoms with Gasteiger partial charge in [0.2, 0.25) is 0 Å². The van der Waals surface area contributed by atoms with Crippen LogP contribution in [0, 0.1) is 23.0 Å². The molecule has 1 aromatic rings. The van der Waals surface area contributed by atoms with E-state index in [2.05, 4.69) is 25.7 Å². The van der Waals surface area contributed by atoms with Gasteiger partial charge < -0.3 is 4.90 Å². The summed E-state index contributed by atoms with van der Waals surface area (Å²) in [7, 11) is 0. The maximum absolute atomic E-state index is 10.9. The topological polar surface area (TPSA) is 58.7 Å². The highest BCUT2D eigenvalue weighted by Gasteiger charge is 2.29. The van der Waals surface area contributed by atoms with Crippen molar-refractivity contribution in [1.82, 2.24) is 4.90 Å². The van der Waals surface area contributed by atoms with Crippen molar-refractivity contribution in [1.29, 1.82) is 0 Å². The summed E-state index contributed by atoms with van der Waals surface area (Å²) in [6, 6.07) is 5.37. The molecular weight excluding hydrogens is 334 g/mol. The molecule has 138 valence electrons. The van der Waals surface area contributed by atoms with Crippen LogP contribution in [0.15, 0.2) is 23.2 Å². The Morgan fingerprint density at radius 1 is 1.40 bits per heavy atom. The zero-order valence-electron chi connectivity index (χ0n) is 15.7.